The zero-order valence-electron chi connectivity index (χ0n) is 29.6. The summed E-state index contributed by atoms with van der Waals surface area (Å²) >= 11 is 0. The minimum Gasteiger partial charge on any atom is -0.436 e. The first-order valence-corrected chi connectivity index (χ1v) is 17.9. The molecule has 0 aliphatic heterocycles. The normalized spacial score (nSPS) is 13.6. The minimum absolute atomic E-state index is 0.0498. The molecule has 2 aromatic heterocycles. The monoisotopic (exact) mass is 660 g/mol. The highest BCUT2D eigenvalue weighted by atomic mass is 16.3. The molecule has 1 aliphatic rings. The molecule has 9 rings (SSSR count). The van der Waals surface area contributed by atoms with Crippen LogP contribution in [-0.2, 0) is 5.41 Å². The number of benzene rings is 6. The number of rotatable bonds is 5. The molecular weight excluding hydrogens is 621 g/mol. The average molecular weight is 661 g/mol. The number of aromatic nitrogens is 2. The molecule has 51 heavy (non-hydrogen) atoms. The zero-order valence-corrected chi connectivity index (χ0v) is 29.6. The van der Waals surface area contributed by atoms with Crippen molar-refractivity contribution in [3.63, 3.8) is 0 Å². The van der Waals surface area contributed by atoms with Gasteiger partial charge in [0.2, 0.25) is 5.89 Å². The van der Waals surface area contributed by atoms with Crippen LogP contribution in [0.1, 0.15) is 55.9 Å². The molecule has 0 fully saturated rings. The van der Waals surface area contributed by atoms with Gasteiger partial charge in [0.1, 0.15) is 5.52 Å². The van der Waals surface area contributed by atoms with Gasteiger partial charge in [-0.15, -0.1) is 0 Å². The van der Waals surface area contributed by atoms with E-state index in [-0.39, 0.29) is 5.41 Å². The highest BCUT2D eigenvalue weighted by Crippen LogP contribution is 2.40. The maximum Gasteiger partial charge on any atom is 0.227 e. The van der Waals surface area contributed by atoms with Crippen molar-refractivity contribution in [2.45, 2.75) is 46.0 Å². The van der Waals surface area contributed by atoms with Crippen LogP contribution in [0.5, 0.6) is 0 Å². The average Bonchev–Trinajstić information content (AvgIpc) is 3.75. The van der Waals surface area contributed by atoms with Gasteiger partial charge in [0.25, 0.3) is 0 Å². The number of aryl methyl sites for hydroxylation is 1. The van der Waals surface area contributed by atoms with E-state index in [1.165, 1.54) is 60.8 Å². The molecule has 6 aromatic carbocycles. The maximum atomic E-state index is 6.33. The van der Waals surface area contributed by atoms with Crippen molar-refractivity contribution in [2.75, 3.05) is 0 Å². The summed E-state index contributed by atoms with van der Waals surface area (Å²) in [5, 5.41) is 2.55. The highest BCUT2D eigenvalue weighted by molar-refractivity contribution is 6.09. The lowest BCUT2D eigenvalue weighted by Gasteiger charge is -2.20. The van der Waals surface area contributed by atoms with Gasteiger partial charge in [-0.1, -0.05) is 124 Å². The lowest BCUT2D eigenvalue weighted by Crippen LogP contribution is -2.11. The lowest BCUT2D eigenvalue weighted by atomic mass is 9.84. The molecule has 0 atom stereocenters. The quantitative estimate of drug-likeness (QED) is 0.184. The van der Waals surface area contributed by atoms with E-state index in [0.717, 1.165) is 40.8 Å². The standard InChI is InChI=1S/C48H40N2O/c1-31-29-35(48(2,3)4)30-43-46(31)51-47(49-43)34-23-21-32(22-24-34)37-13-5-7-15-39(37)40-16-8-6-14-38(40)33-25-27-36(28-26-33)50-44-19-11-9-17-41(44)42-18-10-12-20-45(42)50/h5-6,8-14,16-30H,7,15H2,1-4H3. The van der Waals surface area contributed by atoms with Gasteiger partial charge in [0, 0.05) is 22.0 Å². The number of allylic oxidation sites excluding steroid dienone is 4. The van der Waals surface area contributed by atoms with Crippen LogP contribution in [0.2, 0.25) is 0 Å². The van der Waals surface area contributed by atoms with Crippen molar-refractivity contribution in [2.24, 2.45) is 0 Å². The van der Waals surface area contributed by atoms with E-state index in [1.807, 2.05) is 0 Å². The van der Waals surface area contributed by atoms with Crippen molar-refractivity contribution in [3.05, 3.63) is 168 Å². The van der Waals surface area contributed by atoms with Gasteiger partial charge in [-0.05, 0) is 112 Å². The molecule has 3 heteroatoms. The van der Waals surface area contributed by atoms with Crippen LogP contribution < -0.4 is 0 Å². The van der Waals surface area contributed by atoms with Crippen molar-refractivity contribution in [1.82, 2.24) is 9.55 Å². The fraction of sp³-hybridized carbons (Fsp3) is 0.146. The highest BCUT2D eigenvalue weighted by Gasteiger charge is 2.20. The lowest BCUT2D eigenvalue weighted by molar-refractivity contribution is 0.589. The molecule has 0 amide bonds. The first-order chi connectivity index (χ1) is 24.8. The Morgan fingerprint density at radius 1 is 0.647 bits per heavy atom. The smallest absolute Gasteiger partial charge is 0.227 e. The van der Waals surface area contributed by atoms with E-state index >= 15 is 0 Å². The van der Waals surface area contributed by atoms with Crippen molar-refractivity contribution < 1.29 is 4.42 Å². The summed E-state index contributed by atoms with van der Waals surface area (Å²) in [5.74, 6) is 0.661. The molecule has 8 aromatic rings. The van der Waals surface area contributed by atoms with Gasteiger partial charge < -0.3 is 8.98 Å². The Balaban J connectivity index is 1.07. The Labute approximate surface area is 299 Å². The number of para-hydroxylation sites is 2. The molecule has 0 saturated carbocycles. The Bertz CT molecular complexity index is 2600. The van der Waals surface area contributed by atoms with Crippen molar-refractivity contribution >= 4 is 44.1 Å². The summed E-state index contributed by atoms with van der Waals surface area (Å²) in [6, 6.07) is 48.4. The molecule has 1 aliphatic carbocycles. The van der Waals surface area contributed by atoms with Crippen LogP contribution in [0, 0.1) is 6.92 Å². The molecule has 0 spiro atoms. The number of nitrogens with zero attached hydrogens (tertiary/aromatic N) is 2. The second-order valence-corrected chi connectivity index (χ2v) is 14.8. The predicted octanol–water partition coefficient (Wildman–Crippen LogP) is 13.1. The number of fused-ring (bicyclic) bond motifs is 4. The second kappa shape index (κ2) is 12.1. The maximum absolute atomic E-state index is 6.33. The number of hydrogen-bond acceptors (Lipinski definition) is 2. The minimum atomic E-state index is 0.0498. The van der Waals surface area contributed by atoms with Crippen LogP contribution in [-0.4, -0.2) is 9.55 Å². The summed E-state index contributed by atoms with van der Waals surface area (Å²) in [6.07, 6.45) is 6.61. The third-order valence-electron chi connectivity index (χ3n) is 10.4. The first-order valence-electron chi connectivity index (χ1n) is 17.9. The zero-order chi connectivity index (χ0) is 34.7. The fourth-order valence-corrected chi connectivity index (χ4v) is 7.75. The van der Waals surface area contributed by atoms with Crippen LogP contribution in [0.4, 0.5) is 0 Å². The summed E-state index contributed by atoms with van der Waals surface area (Å²) in [6.45, 7) is 8.81. The Hall–Kier alpha value is -5.93. The summed E-state index contributed by atoms with van der Waals surface area (Å²) < 4.78 is 8.71. The molecule has 3 nitrogen and oxygen atoms in total. The molecule has 0 saturated heterocycles. The van der Waals surface area contributed by atoms with Gasteiger partial charge in [0.05, 0.1) is 11.0 Å². The number of oxazole rings is 1. The van der Waals surface area contributed by atoms with Gasteiger partial charge in [-0.2, -0.15) is 0 Å². The Morgan fingerprint density at radius 3 is 1.94 bits per heavy atom. The van der Waals surface area contributed by atoms with Crippen LogP contribution in [0.25, 0.3) is 72.3 Å². The largest absolute Gasteiger partial charge is 0.436 e. The molecule has 0 radical (unpaired) electrons. The second-order valence-electron chi connectivity index (χ2n) is 14.8. The Morgan fingerprint density at radius 2 is 1.25 bits per heavy atom. The van der Waals surface area contributed by atoms with Crippen LogP contribution in [0.3, 0.4) is 0 Å². The molecule has 0 N–H and O–H groups in total. The van der Waals surface area contributed by atoms with E-state index in [9.17, 15) is 0 Å². The van der Waals surface area contributed by atoms with E-state index in [4.69, 9.17) is 9.40 Å². The SMILES string of the molecule is Cc1cc(C(C)(C)C)cc2nc(-c3ccc(C4=C(c5ccccc5-c5ccc(-n6c7ccccc7c7ccccc76)cc5)CCC=C4)cc3)oc12. The van der Waals surface area contributed by atoms with E-state index in [1.54, 1.807) is 0 Å². The topological polar surface area (TPSA) is 31.0 Å². The molecular formula is C48H40N2O. The summed E-state index contributed by atoms with van der Waals surface area (Å²) in [5.41, 5.74) is 16.4. The molecule has 0 bridgehead atoms. The first kappa shape index (κ1) is 31.1. The Kier molecular flexibility index (Phi) is 7.40. The van der Waals surface area contributed by atoms with Crippen LogP contribution >= 0.6 is 0 Å². The van der Waals surface area contributed by atoms with E-state index < -0.39 is 0 Å². The van der Waals surface area contributed by atoms with Crippen LogP contribution in [0.15, 0.2) is 150 Å². The predicted molar refractivity (Wildman–Crippen MR) is 214 cm³/mol. The van der Waals surface area contributed by atoms with E-state index in [0.29, 0.717) is 5.89 Å². The molecule has 0 unspecified atom stereocenters. The van der Waals surface area contributed by atoms with Gasteiger partial charge >= 0.3 is 0 Å². The van der Waals surface area contributed by atoms with Gasteiger partial charge in [0.15, 0.2) is 5.58 Å². The van der Waals surface area contributed by atoms with E-state index in [2.05, 4.69) is 178 Å². The third kappa shape index (κ3) is 5.41. The van der Waals surface area contributed by atoms with Crippen molar-refractivity contribution in [3.8, 4) is 28.3 Å². The van der Waals surface area contributed by atoms with Crippen molar-refractivity contribution in [1.29, 1.82) is 0 Å². The number of hydrogen-bond donors (Lipinski definition) is 0. The van der Waals surface area contributed by atoms with Gasteiger partial charge in [-0.3, -0.25) is 0 Å². The molecule has 248 valence electrons. The van der Waals surface area contributed by atoms with Gasteiger partial charge in [-0.25, -0.2) is 4.98 Å². The fourth-order valence-electron chi connectivity index (χ4n) is 7.75. The molecule has 2 heterocycles. The summed E-state index contributed by atoms with van der Waals surface area (Å²) in [4.78, 5) is 4.93. The summed E-state index contributed by atoms with van der Waals surface area (Å²) in [7, 11) is 0. The third-order valence-corrected chi connectivity index (χ3v) is 10.4.